The summed E-state index contributed by atoms with van der Waals surface area (Å²) in [5.41, 5.74) is 0.634. The Hall–Kier alpha value is -1.36. The van der Waals surface area contributed by atoms with E-state index in [1.165, 1.54) is 0 Å². The fourth-order valence-corrected chi connectivity index (χ4v) is 4.92. The lowest BCUT2D eigenvalue weighted by atomic mass is 9.66. The van der Waals surface area contributed by atoms with E-state index in [0.717, 1.165) is 24.8 Å². The first kappa shape index (κ1) is 16.5. The minimum absolute atomic E-state index is 0.0839. The van der Waals surface area contributed by atoms with Crippen LogP contribution in [-0.4, -0.2) is 28.4 Å². The monoisotopic (exact) mass is 322 g/mol. The maximum absolute atomic E-state index is 12.2. The van der Waals surface area contributed by atoms with E-state index in [9.17, 15) is 9.59 Å². The van der Waals surface area contributed by atoms with Gasteiger partial charge in [-0.3, -0.25) is 9.59 Å². The van der Waals surface area contributed by atoms with Crippen LogP contribution >= 0.6 is 0 Å². The number of aliphatic carboxylic acids is 1. The summed E-state index contributed by atoms with van der Waals surface area (Å²) in [5, 5.41) is 8.75. The molecule has 1 saturated carbocycles. The number of hydrogen-bond donors (Lipinski definition) is 1. The van der Waals surface area contributed by atoms with Crippen molar-refractivity contribution in [2.45, 2.75) is 64.3 Å². The van der Waals surface area contributed by atoms with Crippen molar-refractivity contribution >= 4 is 11.9 Å². The van der Waals surface area contributed by atoms with Crippen LogP contribution in [0.4, 0.5) is 0 Å². The highest BCUT2D eigenvalue weighted by molar-refractivity contribution is 5.77. The fourth-order valence-electron chi connectivity index (χ4n) is 4.92. The van der Waals surface area contributed by atoms with Crippen LogP contribution in [0.2, 0.25) is 0 Å². The molecule has 3 rings (SSSR count). The van der Waals surface area contributed by atoms with Crippen LogP contribution in [0.1, 0.15) is 52.9 Å². The molecule has 2 saturated heterocycles. The van der Waals surface area contributed by atoms with Gasteiger partial charge in [0.2, 0.25) is 5.79 Å². The number of esters is 1. The number of carbonyl (C=O) groups excluding carboxylic acids is 1. The number of hydrogen-bond acceptors (Lipinski definition) is 4. The smallest absolute Gasteiger partial charge is 0.309 e. The van der Waals surface area contributed by atoms with Gasteiger partial charge in [0.15, 0.2) is 0 Å². The minimum Gasteiger partial charge on any atom is -0.481 e. The molecule has 5 unspecified atom stereocenters. The highest BCUT2D eigenvalue weighted by Crippen LogP contribution is 2.68. The Morgan fingerprint density at radius 3 is 2.70 bits per heavy atom. The van der Waals surface area contributed by atoms with Crippen LogP contribution in [0.3, 0.4) is 0 Å². The van der Waals surface area contributed by atoms with Crippen molar-refractivity contribution in [3.63, 3.8) is 0 Å². The van der Waals surface area contributed by atoms with Crippen LogP contribution in [0.5, 0.6) is 0 Å². The molecule has 0 amide bonds. The maximum atomic E-state index is 12.2. The van der Waals surface area contributed by atoms with E-state index in [1.54, 1.807) is 0 Å². The van der Waals surface area contributed by atoms with Crippen LogP contribution in [0.15, 0.2) is 12.2 Å². The van der Waals surface area contributed by atoms with E-state index in [4.69, 9.17) is 14.6 Å². The Balaban J connectivity index is 1.87. The van der Waals surface area contributed by atoms with Crippen molar-refractivity contribution in [3.8, 4) is 0 Å². The van der Waals surface area contributed by atoms with E-state index in [0.29, 0.717) is 11.8 Å². The molecule has 5 atom stereocenters. The zero-order valence-corrected chi connectivity index (χ0v) is 14.1. The normalized spacial score (nSPS) is 41.4. The Morgan fingerprint density at radius 2 is 2.09 bits per heavy atom. The molecule has 1 N–H and O–H groups in total. The molecule has 5 heteroatoms. The summed E-state index contributed by atoms with van der Waals surface area (Å²) in [6, 6.07) is 0. The fraction of sp³-hybridized carbons (Fsp3) is 0.778. The van der Waals surface area contributed by atoms with Gasteiger partial charge in [-0.25, -0.2) is 0 Å². The van der Waals surface area contributed by atoms with Crippen molar-refractivity contribution in [1.29, 1.82) is 0 Å². The van der Waals surface area contributed by atoms with Gasteiger partial charge in [-0.2, -0.15) is 0 Å². The number of rotatable bonds is 5. The number of carboxylic acids is 1. The lowest BCUT2D eigenvalue weighted by Gasteiger charge is -2.38. The van der Waals surface area contributed by atoms with Crippen molar-refractivity contribution < 1.29 is 24.2 Å². The predicted octanol–water partition coefficient (Wildman–Crippen LogP) is 3.14. The molecule has 3 aliphatic rings. The zero-order valence-electron chi connectivity index (χ0n) is 14.1. The number of carboxylic acid groups (broad SMARTS) is 1. The quantitative estimate of drug-likeness (QED) is 0.622. The molecule has 1 spiro atoms. The standard InChI is InChI=1S/C18H26O5/c1-10(2)14-9-17-11(3)5-6-13(17)12(4)18(14,23-17)22-16(21)8-7-15(19)20/h10-11,13-14H,4-9H2,1-3H3,(H,19,20). The van der Waals surface area contributed by atoms with E-state index < -0.39 is 17.7 Å². The Labute approximate surface area is 137 Å². The molecule has 2 bridgehead atoms. The van der Waals surface area contributed by atoms with Gasteiger partial charge in [0, 0.05) is 17.4 Å². The zero-order chi connectivity index (χ0) is 17.0. The Kier molecular flexibility index (Phi) is 3.82. The molecule has 0 aromatic rings. The Morgan fingerprint density at radius 1 is 1.39 bits per heavy atom. The topological polar surface area (TPSA) is 72.8 Å². The predicted molar refractivity (Wildman–Crippen MR) is 83.5 cm³/mol. The average Bonchev–Trinajstić information content (AvgIpc) is 3.04. The van der Waals surface area contributed by atoms with Crippen molar-refractivity contribution in [1.82, 2.24) is 0 Å². The number of carbonyl (C=O) groups is 2. The second-order valence-corrected chi connectivity index (χ2v) is 7.70. The SMILES string of the molecule is C=C1C2CCC(C)C23CC(C(C)C)C1(OC(=O)CCC(=O)O)O3. The number of fused-ring (bicyclic) bond motifs is 1. The lowest BCUT2D eigenvalue weighted by Crippen LogP contribution is -2.45. The largest absolute Gasteiger partial charge is 0.481 e. The average molecular weight is 322 g/mol. The van der Waals surface area contributed by atoms with Crippen LogP contribution in [0.25, 0.3) is 0 Å². The third kappa shape index (κ3) is 2.24. The minimum atomic E-state index is -1.05. The first-order valence-electron chi connectivity index (χ1n) is 8.56. The molecule has 2 heterocycles. The lowest BCUT2D eigenvalue weighted by molar-refractivity contribution is -0.224. The van der Waals surface area contributed by atoms with Gasteiger partial charge in [0.25, 0.3) is 0 Å². The summed E-state index contributed by atoms with van der Waals surface area (Å²) >= 11 is 0. The molecule has 3 fully saturated rings. The van der Waals surface area contributed by atoms with Gasteiger partial charge in [-0.1, -0.05) is 27.4 Å². The summed E-state index contributed by atoms with van der Waals surface area (Å²) in [6.07, 6.45) is 2.67. The maximum Gasteiger partial charge on any atom is 0.309 e. The van der Waals surface area contributed by atoms with Gasteiger partial charge < -0.3 is 14.6 Å². The summed E-state index contributed by atoms with van der Waals surface area (Å²) in [4.78, 5) is 22.9. The molecule has 0 radical (unpaired) electrons. The van der Waals surface area contributed by atoms with Crippen LogP contribution < -0.4 is 0 Å². The molecule has 23 heavy (non-hydrogen) atoms. The van der Waals surface area contributed by atoms with E-state index >= 15 is 0 Å². The van der Waals surface area contributed by atoms with E-state index in [-0.39, 0.29) is 30.3 Å². The molecule has 2 aliphatic heterocycles. The van der Waals surface area contributed by atoms with Crippen LogP contribution in [0, 0.1) is 23.7 Å². The van der Waals surface area contributed by atoms with Crippen LogP contribution in [-0.2, 0) is 19.1 Å². The molecular formula is C18H26O5. The van der Waals surface area contributed by atoms with Gasteiger partial charge in [0.1, 0.15) is 0 Å². The van der Waals surface area contributed by atoms with Crippen molar-refractivity contribution in [2.75, 3.05) is 0 Å². The number of ether oxygens (including phenoxy) is 2. The van der Waals surface area contributed by atoms with E-state index in [2.05, 4.69) is 27.4 Å². The third-order valence-electron chi connectivity index (χ3n) is 6.16. The van der Waals surface area contributed by atoms with Gasteiger partial charge in [0.05, 0.1) is 18.4 Å². The first-order valence-corrected chi connectivity index (χ1v) is 8.56. The molecule has 0 aromatic heterocycles. The third-order valence-corrected chi connectivity index (χ3v) is 6.16. The van der Waals surface area contributed by atoms with Gasteiger partial charge in [-0.15, -0.1) is 0 Å². The highest BCUT2D eigenvalue weighted by Gasteiger charge is 2.73. The molecular weight excluding hydrogens is 296 g/mol. The summed E-state index contributed by atoms with van der Waals surface area (Å²) < 4.78 is 12.2. The van der Waals surface area contributed by atoms with Crippen molar-refractivity contribution in [3.05, 3.63) is 12.2 Å². The summed E-state index contributed by atoms with van der Waals surface area (Å²) in [6.45, 7) is 10.7. The second kappa shape index (κ2) is 5.33. The molecule has 5 nitrogen and oxygen atoms in total. The molecule has 1 aliphatic carbocycles. The van der Waals surface area contributed by atoms with Crippen molar-refractivity contribution in [2.24, 2.45) is 23.7 Å². The van der Waals surface area contributed by atoms with Gasteiger partial charge in [-0.05, 0) is 31.1 Å². The molecule has 128 valence electrons. The summed E-state index contributed by atoms with van der Waals surface area (Å²) in [5.74, 6) is -1.51. The second-order valence-electron chi connectivity index (χ2n) is 7.70. The molecule has 0 aromatic carbocycles. The van der Waals surface area contributed by atoms with Gasteiger partial charge >= 0.3 is 11.9 Å². The Bertz CT molecular complexity index is 554. The van der Waals surface area contributed by atoms with E-state index in [1.807, 2.05) is 0 Å². The first-order chi connectivity index (χ1) is 10.7. The highest BCUT2D eigenvalue weighted by atomic mass is 16.7. The summed E-state index contributed by atoms with van der Waals surface area (Å²) in [7, 11) is 0.